The van der Waals surface area contributed by atoms with E-state index in [1.165, 1.54) is 0 Å². The number of carbonyl (C=O) groups is 2. The van der Waals surface area contributed by atoms with Crippen LogP contribution in [0.25, 0.3) is 0 Å². The molecular formula is C23H29N3O2. The first-order valence-electron chi connectivity index (χ1n) is 10.0. The molecule has 0 bridgehead atoms. The van der Waals surface area contributed by atoms with Crippen molar-refractivity contribution in [2.75, 3.05) is 13.1 Å². The molecule has 5 heteroatoms. The van der Waals surface area contributed by atoms with E-state index in [2.05, 4.69) is 36.6 Å². The molecule has 0 saturated carbocycles. The molecule has 2 aromatic carbocycles. The monoisotopic (exact) mass is 379 g/mol. The highest BCUT2D eigenvalue weighted by Gasteiger charge is 2.26. The Morgan fingerprint density at radius 3 is 2.07 bits per heavy atom. The Bertz CT molecular complexity index is 769. The first-order chi connectivity index (χ1) is 13.5. The third-order valence-electron chi connectivity index (χ3n) is 5.26. The number of hydrogen-bond acceptors (Lipinski definition) is 2. The molecule has 5 nitrogen and oxygen atoms in total. The fraction of sp³-hybridized carbons (Fsp3) is 0.391. The van der Waals surface area contributed by atoms with Crippen LogP contribution in [0.2, 0.25) is 0 Å². The van der Waals surface area contributed by atoms with Gasteiger partial charge in [0.2, 0.25) is 0 Å². The van der Waals surface area contributed by atoms with Crippen LogP contribution in [0.4, 0.5) is 4.79 Å². The maximum absolute atomic E-state index is 12.8. The van der Waals surface area contributed by atoms with Crippen molar-refractivity contribution in [3.8, 4) is 0 Å². The molecule has 0 aliphatic carbocycles. The number of likely N-dealkylation sites (tertiary alicyclic amines) is 1. The number of carbonyl (C=O) groups excluding carboxylic acids is 2. The van der Waals surface area contributed by atoms with E-state index in [-0.39, 0.29) is 24.0 Å². The normalized spacial score (nSPS) is 15.9. The Morgan fingerprint density at radius 1 is 0.929 bits per heavy atom. The summed E-state index contributed by atoms with van der Waals surface area (Å²) in [7, 11) is 0. The summed E-state index contributed by atoms with van der Waals surface area (Å²) in [6.45, 7) is 5.52. The summed E-state index contributed by atoms with van der Waals surface area (Å²) in [5.74, 6) is 0.251. The van der Waals surface area contributed by atoms with E-state index in [0.29, 0.717) is 24.6 Å². The minimum atomic E-state index is -0.0487. The summed E-state index contributed by atoms with van der Waals surface area (Å²) in [4.78, 5) is 26.9. The number of amides is 3. The highest BCUT2D eigenvalue weighted by atomic mass is 16.2. The molecule has 1 fully saturated rings. The maximum Gasteiger partial charge on any atom is 0.317 e. The summed E-state index contributed by atoms with van der Waals surface area (Å²) in [5, 5.41) is 6.27. The summed E-state index contributed by atoms with van der Waals surface area (Å²) < 4.78 is 0. The second kappa shape index (κ2) is 9.40. The van der Waals surface area contributed by atoms with Gasteiger partial charge in [-0.2, -0.15) is 0 Å². The van der Waals surface area contributed by atoms with Crippen LogP contribution >= 0.6 is 0 Å². The predicted octanol–water partition coefficient (Wildman–Crippen LogP) is 3.99. The standard InChI is InChI=1S/C23H29N3O2/c1-17(2)21(18-9-5-3-6-10-18)25-23(28)26-15-13-20(14-16-26)24-22(27)19-11-7-4-8-12-19/h3-12,17,20-21H,13-16H2,1-2H3,(H,24,27)(H,25,28)/t21-/m0/s1. The van der Waals surface area contributed by atoms with E-state index in [4.69, 9.17) is 0 Å². The SMILES string of the molecule is CC(C)[C@H](NC(=O)N1CCC(NC(=O)c2ccccc2)CC1)c1ccccc1. The van der Waals surface area contributed by atoms with Crippen LogP contribution in [0.1, 0.15) is 48.7 Å². The van der Waals surface area contributed by atoms with Crippen molar-refractivity contribution in [2.24, 2.45) is 5.92 Å². The molecular weight excluding hydrogens is 350 g/mol. The molecule has 0 aromatic heterocycles. The largest absolute Gasteiger partial charge is 0.349 e. The summed E-state index contributed by atoms with van der Waals surface area (Å²) in [6, 6.07) is 19.4. The summed E-state index contributed by atoms with van der Waals surface area (Å²) in [5.41, 5.74) is 1.79. The van der Waals surface area contributed by atoms with Crippen molar-refractivity contribution in [1.29, 1.82) is 0 Å². The van der Waals surface area contributed by atoms with Gasteiger partial charge in [-0.1, -0.05) is 62.4 Å². The Kier molecular flexibility index (Phi) is 6.69. The van der Waals surface area contributed by atoms with Gasteiger partial charge >= 0.3 is 6.03 Å². The molecule has 1 aliphatic rings. The van der Waals surface area contributed by atoms with Crippen LogP contribution < -0.4 is 10.6 Å². The quantitative estimate of drug-likeness (QED) is 0.825. The zero-order chi connectivity index (χ0) is 19.9. The van der Waals surface area contributed by atoms with E-state index < -0.39 is 0 Å². The van der Waals surface area contributed by atoms with Gasteiger partial charge in [0.25, 0.3) is 5.91 Å². The molecule has 0 spiro atoms. The topological polar surface area (TPSA) is 61.4 Å². The lowest BCUT2D eigenvalue weighted by Crippen LogP contribution is -2.50. The lowest BCUT2D eigenvalue weighted by molar-refractivity contribution is 0.0917. The van der Waals surface area contributed by atoms with Gasteiger partial charge in [0.15, 0.2) is 0 Å². The minimum absolute atomic E-state index is 0.00999. The molecule has 3 rings (SSSR count). The lowest BCUT2D eigenvalue weighted by atomic mass is 9.96. The number of hydrogen-bond donors (Lipinski definition) is 2. The highest BCUT2D eigenvalue weighted by Crippen LogP contribution is 2.22. The van der Waals surface area contributed by atoms with Gasteiger partial charge in [-0.15, -0.1) is 0 Å². The first kappa shape index (κ1) is 19.9. The Balaban J connectivity index is 1.51. The average Bonchev–Trinajstić information content (AvgIpc) is 2.73. The Hall–Kier alpha value is -2.82. The van der Waals surface area contributed by atoms with E-state index in [0.717, 1.165) is 18.4 Å². The molecule has 1 saturated heterocycles. The van der Waals surface area contributed by atoms with Gasteiger partial charge in [-0.3, -0.25) is 4.79 Å². The van der Waals surface area contributed by atoms with E-state index in [9.17, 15) is 9.59 Å². The van der Waals surface area contributed by atoms with Crippen molar-refractivity contribution in [3.63, 3.8) is 0 Å². The van der Waals surface area contributed by atoms with Gasteiger partial charge < -0.3 is 15.5 Å². The van der Waals surface area contributed by atoms with Crippen molar-refractivity contribution in [1.82, 2.24) is 15.5 Å². The van der Waals surface area contributed by atoms with E-state index in [1.807, 2.05) is 53.4 Å². The minimum Gasteiger partial charge on any atom is -0.349 e. The molecule has 2 N–H and O–H groups in total. The van der Waals surface area contributed by atoms with Crippen molar-refractivity contribution in [3.05, 3.63) is 71.8 Å². The summed E-state index contributed by atoms with van der Waals surface area (Å²) in [6.07, 6.45) is 1.54. The molecule has 1 heterocycles. The lowest BCUT2D eigenvalue weighted by Gasteiger charge is -2.34. The second-order valence-electron chi connectivity index (χ2n) is 7.68. The third-order valence-corrected chi connectivity index (χ3v) is 5.26. The molecule has 2 aromatic rings. The highest BCUT2D eigenvalue weighted by molar-refractivity contribution is 5.94. The van der Waals surface area contributed by atoms with Crippen LogP contribution in [-0.2, 0) is 0 Å². The van der Waals surface area contributed by atoms with Gasteiger partial charge in [-0.05, 0) is 36.5 Å². The fourth-order valence-electron chi connectivity index (χ4n) is 3.60. The van der Waals surface area contributed by atoms with Crippen molar-refractivity contribution < 1.29 is 9.59 Å². The van der Waals surface area contributed by atoms with E-state index >= 15 is 0 Å². The maximum atomic E-state index is 12.8. The second-order valence-corrected chi connectivity index (χ2v) is 7.68. The molecule has 0 unspecified atom stereocenters. The van der Waals surface area contributed by atoms with Crippen LogP contribution in [-0.4, -0.2) is 36.0 Å². The van der Waals surface area contributed by atoms with Gasteiger partial charge in [0.05, 0.1) is 6.04 Å². The van der Waals surface area contributed by atoms with Crippen LogP contribution in [0.5, 0.6) is 0 Å². The molecule has 3 amide bonds. The van der Waals surface area contributed by atoms with Crippen LogP contribution in [0.15, 0.2) is 60.7 Å². The Labute approximate surface area is 167 Å². The van der Waals surface area contributed by atoms with Crippen molar-refractivity contribution >= 4 is 11.9 Å². The summed E-state index contributed by atoms with van der Waals surface area (Å²) >= 11 is 0. The van der Waals surface area contributed by atoms with Crippen LogP contribution in [0, 0.1) is 5.92 Å². The molecule has 28 heavy (non-hydrogen) atoms. The number of nitrogens with zero attached hydrogens (tertiary/aromatic N) is 1. The third kappa shape index (κ3) is 5.12. The fourth-order valence-corrected chi connectivity index (χ4v) is 3.60. The van der Waals surface area contributed by atoms with Crippen LogP contribution in [0.3, 0.4) is 0 Å². The van der Waals surface area contributed by atoms with E-state index in [1.54, 1.807) is 0 Å². The molecule has 1 atom stereocenters. The number of benzene rings is 2. The Morgan fingerprint density at radius 2 is 1.50 bits per heavy atom. The number of rotatable bonds is 5. The zero-order valence-corrected chi connectivity index (χ0v) is 16.6. The van der Waals surface area contributed by atoms with Gasteiger partial charge in [0.1, 0.15) is 0 Å². The zero-order valence-electron chi connectivity index (χ0n) is 16.6. The van der Waals surface area contributed by atoms with Crippen molar-refractivity contribution in [2.45, 2.75) is 38.8 Å². The molecule has 0 radical (unpaired) electrons. The average molecular weight is 380 g/mol. The number of nitrogens with one attached hydrogen (secondary N) is 2. The molecule has 148 valence electrons. The molecule has 1 aliphatic heterocycles. The number of urea groups is 1. The van der Waals surface area contributed by atoms with Gasteiger partial charge in [-0.25, -0.2) is 4.79 Å². The predicted molar refractivity (Wildman–Crippen MR) is 111 cm³/mol. The first-order valence-corrected chi connectivity index (χ1v) is 10.0. The smallest absolute Gasteiger partial charge is 0.317 e. The number of piperidine rings is 1. The van der Waals surface area contributed by atoms with Gasteiger partial charge in [0, 0.05) is 24.7 Å².